The van der Waals surface area contributed by atoms with Crippen molar-refractivity contribution in [1.82, 2.24) is 24.9 Å². The molecular weight excluding hydrogens is 403 g/mol. The largest absolute Gasteiger partial charge is 0.335 e. The number of likely N-dealkylation sites (tertiary alicyclic amines) is 1. The first-order valence-electron chi connectivity index (χ1n) is 9.56. The number of nitrogens with zero attached hydrogens (tertiary/aromatic N) is 6. The van der Waals surface area contributed by atoms with Gasteiger partial charge in [0.2, 0.25) is 0 Å². The molecule has 9 heteroatoms. The van der Waals surface area contributed by atoms with Gasteiger partial charge in [0.05, 0.1) is 34.6 Å². The topological polar surface area (TPSA) is 87.7 Å². The quantitative estimate of drug-likeness (QED) is 0.640. The van der Waals surface area contributed by atoms with Crippen LogP contribution in [0.4, 0.5) is 4.39 Å². The normalized spacial score (nSPS) is 18.8. The summed E-state index contributed by atoms with van der Waals surface area (Å²) in [6.45, 7) is 2.50. The van der Waals surface area contributed by atoms with E-state index < -0.39 is 5.82 Å². The van der Waals surface area contributed by atoms with Gasteiger partial charge in [0.15, 0.2) is 5.82 Å². The summed E-state index contributed by atoms with van der Waals surface area (Å²) in [6, 6.07) is 9.97. The maximum Gasteiger partial charge on any atom is 0.256 e. The van der Waals surface area contributed by atoms with E-state index in [0.717, 1.165) is 22.7 Å². The van der Waals surface area contributed by atoms with Crippen LogP contribution in [0.15, 0.2) is 53.9 Å². The fraction of sp³-hybridized carbons (Fsp3) is 0.286. The second-order valence-electron chi connectivity index (χ2n) is 7.07. The molecule has 1 fully saturated rings. The van der Waals surface area contributed by atoms with Crippen molar-refractivity contribution in [3.05, 3.63) is 65.9 Å². The van der Waals surface area contributed by atoms with E-state index in [2.05, 4.69) is 21.3 Å². The second kappa shape index (κ2) is 8.63. The molecule has 7 nitrogen and oxygen atoms in total. The minimum atomic E-state index is -0.551. The van der Waals surface area contributed by atoms with Crippen molar-refractivity contribution in [2.45, 2.75) is 36.1 Å². The lowest BCUT2D eigenvalue weighted by Crippen LogP contribution is -2.47. The minimum Gasteiger partial charge on any atom is -0.335 e. The van der Waals surface area contributed by atoms with Crippen LogP contribution in [0.25, 0.3) is 5.69 Å². The highest BCUT2D eigenvalue weighted by molar-refractivity contribution is 7.99. The maximum atomic E-state index is 14.6. The number of para-hydroxylation sites is 1. The van der Waals surface area contributed by atoms with Crippen molar-refractivity contribution < 1.29 is 9.18 Å². The van der Waals surface area contributed by atoms with Crippen molar-refractivity contribution in [3.63, 3.8) is 0 Å². The lowest BCUT2D eigenvalue weighted by molar-refractivity contribution is 0.0641. The van der Waals surface area contributed by atoms with Crippen LogP contribution in [0.1, 0.15) is 35.7 Å². The number of pyridine rings is 1. The van der Waals surface area contributed by atoms with E-state index in [9.17, 15) is 9.18 Å². The standard InChI is InChI=1S/C21H19FN6OS/c1-14-5-6-16(30-19-11-15(12-23)7-8-24-19)13-27(14)21(29)17-3-2-4-18(22)20(17)28-25-9-10-26-28/h2-4,7-11,14,16H,5-6,13H2,1H3/t14-,16-/m1/s1. The number of hydrogen-bond donors (Lipinski definition) is 0. The monoisotopic (exact) mass is 422 g/mol. The van der Waals surface area contributed by atoms with Gasteiger partial charge in [-0.25, -0.2) is 9.37 Å². The van der Waals surface area contributed by atoms with Gasteiger partial charge in [0.1, 0.15) is 5.69 Å². The first kappa shape index (κ1) is 20.0. The molecule has 1 saturated heterocycles. The Bertz CT molecular complexity index is 1100. The van der Waals surface area contributed by atoms with Gasteiger partial charge in [0, 0.05) is 24.0 Å². The number of thioether (sulfide) groups is 1. The van der Waals surface area contributed by atoms with Crippen LogP contribution in [0.5, 0.6) is 0 Å². The average Bonchev–Trinajstić information content (AvgIpc) is 3.29. The summed E-state index contributed by atoms with van der Waals surface area (Å²) in [5.41, 5.74) is 0.840. The van der Waals surface area contributed by atoms with Crippen molar-refractivity contribution in [1.29, 1.82) is 5.26 Å². The van der Waals surface area contributed by atoms with Gasteiger partial charge in [-0.3, -0.25) is 4.79 Å². The Morgan fingerprint density at radius 1 is 1.23 bits per heavy atom. The number of benzene rings is 1. The smallest absolute Gasteiger partial charge is 0.256 e. The van der Waals surface area contributed by atoms with Crippen molar-refractivity contribution >= 4 is 17.7 Å². The molecule has 2 aromatic heterocycles. The number of rotatable bonds is 4. The van der Waals surface area contributed by atoms with E-state index in [1.807, 2.05) is 6.92 Å². The predicted octanol–water partition coefficient (Wildman–Crippen LogP) is 3.46. The zero-order valence-corrected chi connectivity index (χ0v) is 17.1. The fourth-order valence-electron chi connectivity index (χ4n) is 3.54. The van der Waals surface area contributed by atoms with Crippen LogP contribution in [-0.4, -0.2) is 48.6 Å². The highest BCUT2D eigenvalue weighted by atomic mass is 32.2. The molecule has 0 bridgehead atoms. The molecule has 3 aromatic rings. The molecule has 3 heterocycles. The van der Waals surface area contributed by atoms with Gasteiger partial charge in [-0.05, 0) is 44.0 Å². The average molecular weight is 422 g/mol. The van der Waals surface area contributed by atoms with Crippen molar-refractivity contribution in [2.24, 2.45) is 0 Å². The molecule has 152 valence electrons. The molecule has 4 rings (SSSR count). The van der Waals surface area contributed by atoms with E-state index in [1.165, 1.54) is 24.5 Å². The highest BCUT2D eigenvalue weighted by Crippen LogP contribution is 2.32. The van der Waals surface area contributed by atoms with Gasteiger partial charge in [-0.15, -0.1) is 16.6 Å². The van der Waals surface area contributed by atoms with Crippen LogP contribution >= 0.6 is 11.8 Å². The molecular formula is C21H19FN6OS. The zero-order chi connectivity index (χ0) is 21.1. The van der Waals surface area contributed by atoms with Gasteiger partial charge >= 0.3 is 0 Å². The van der Waals surface area contributed by atoms with Crippen LogP contribution in [-0.2, 0) is 0 Å². The van der Waals surface area contributed by atoms with Gasteiger partial charge in [-0.2, -0.15) is 15.5 Å². The third-order valence-corrected chi connectivity index (χ3v) is 6.27. The molecule has 30 heavy (non-hydrogen) atoms. The molecule has 0 spiro atoms. The molecule has 2 atom stereocenters. The lowest BCUT2D eigenvalue weighted by atomic mass is 10.0. The van der Waals surface area contributed by atoms with Crippen molar-refractivity contribution in [3.8, 4) is 11.8 Å². The molecule has 0 aliphatic carbocycles. The predicted molar refractivity (Wildman–Crippen MR) is 110 cm³/mol. The molecule has 0 N–H and O–H groups in total. The summed E-state index contributed by atoms with van der Waals surface area (Å²) in [4.78, 5) is 20.6. The first-order chi connectivity index (χ1) is 14.6. The Morgan fingerprint density at radius 2 is 2.03 bits per heavy atom. The van der Waals surface area contributed by atoms with Crippen molar-refractivity contribution in [2.75, 3.05) is 6.54 Å². The number of carbonyl (C=O) groups excluding carboxylic acids is 1. The maximum absolute atomic E-state index is 14.6. The Labute approximate surface area is 177 Å². The van der Waals surface area contributed by atoms with E-state index in [-0.39, 0.29) is 28.4 Å². The number of carbonyl (C=O) groups is 1. The molecule has 1 amide bonds. The van der Waals surface area contributed by atoms with E-state index in [4.69, 9.17) is 5.26 Å². The SMILES string of the molecule is C[C@@H]1CC[C@@H](Sc2cc(C#N)ccn2)CN1C(=O)c1cccc(F)c1-n1nccn1. The third-order valence-electron chi connectivity index (χ3n) is 5.09. The number of amides is 1. The summed E-state index contributed by atoms with van der Waals surface area (Å²) in [7, 11) is 0. The summed E-state index contributed by atoms with van der Waals surface area (Å²) in [5.74, 6) is -0.802. The molecule has 1 aliphatic heterocycles. The molecule has 0 unspecified atom stereocenters. The molecule has 0 radical (unpaired) electrons. The van der Waals surface area contributed by atoms with E-state index >= 15 is 0 Å². The number of nitriles is 1. The highest BCUT2D eigenvalue weighted by Gasteiger charge is 2.32. The summed E-state index contributed by atoms with van der Waals surface area (Å²) in [6.07, 6.45) is 6.25. The Morgan fingerprint density at radius 3 is 2.80 bits per heavy atom. The first-order valence-corrected chi connectivity index (χ1v) is 10.4. The summed E-state index contributed by atoms with van der Waals surface area (Å²) >= 11 is 1.56. The Kier molecular flexibility index (Phi) is 5.77. The lowest BCUT2D eigenvalue weighted by Gasteiger charge is -2.38. The minimum absolute atomic E-state index is 0.0226. The van der Waals surface area contributed by atoms with Crippen LogP contribution in [0.2, 0.25) is 0 Å². The van der Waals surface area contributed by atoms with Gasteiger partial charge in [-0.1, -0.05) is 6.07 Å². The number of halogens is 1. The van der Waals surface area contributed by atoms with Crippen LogP contribution in [0, 0.1) is 17.1 Å². The number of piperidine rings is 1. The number of aromatic nitrogens is 4. The Balaban J connectivity index is 1.58. The molecule has 1 aliphatic rings. The second-order valence-corrected chi connectivity index (χ2v) is 8.39. The fourth-order valence-corrected chi connectivity index (χ4v) is 4.69. The van der Waals surface area contributed by atoms with E-state index in [1.54, 1.807) is 41.1 Å². The molecule has 0 saturated carbocycles. The van der Waals surface area contributed by atoms with E-state index in [0.29, 0.717) is 12.1 Å². The zero-order valence-electron chi connectivity index (χ0n) is 16.3. The van der Waals surface area contributed by atoms with Gasteiger partial charge < -0.3 is 4.90 Å². The number of hydrogen-bond acceptors (Lipinski definition) is 6. The van der Waals surface area contributed by atoms with Gasteiger partial charge in [0.25, 0.3) is 5.91 Å². The summed E-state index contributed by atoms with van der Waals surface area (Å²) < 4.78 is 14.6. The Hall–Kier alpha value is -3.25. The van der Waals surface area contributed by atoms with Crippen LogP contribution < -0.4 is 0 Å². The third kappa shape index (κ3) is 4.04. The summed E-state index contributed by atoms with van der Waals surface area (Å²) in [5, 5.41) is 18.0. The van der Waals surface area contributed by atoms with Crippen LogP contribution in [0.3, 0.4) is 0 Å². The molecule has 1 aromatic carbocycles.